The van der Waals surface area contributed by atoms with Crippen LogP contribution in [0.2, 0.25) is 0 Å². The van der Waals surface area contributed by atoms with Gasteiger partial charge in [0.25, 0.3) is 5.56 Å². The number of nitrogens with one attached hydrogen (secondary N) is 1. The lowest BCUT2D eigenvalue weighted by Crippen LogP contribution is -2.50. The molecule has 0 radical (unpaired) electrons. The molecule has 12 heteroatoms. The van der Waals surface area contributed by atoms with E-state index in [4.69, 9.17) is 0 Å². The molecular formula is C23H29F5N4O2S. The molecule has 1 atom stereocenters. The molecule has 35 heavy (non-hydrogen) atoms. The number of fused-ring (bicyclic) bond motifs is 1. The Hall–Kier alpha value is -1.79. The van der Waals surface area contributed by atoms with Gasteiger partial charge in [0.2, 0.25) is 0 Å². The summed E-state index contributed by atoms with van der Waals surface area (Å²) in [4.78, 5) is 25.4. The van der Waals surface area contributed by atoms with Gasteiger partial charge >= 0.3 is 6.18 Å². The van der Waals surface area contributed by atoms with Gasteiger partial charge in [-0.3, -0.25) is 9.79 Å². The van der Waals surface area contributed by atoms with Crippen molar-refractivity contribution in [1.82, 2.24) is 14.9 Å². The van der Waals surface area contributed by atoms with Crippen molar-refractivity contribution in [3.63, 3.8) is 0 Å². The highest BCUT2D eigenvalue weighted by Gasteiger charge is 2.30. The second kappa shape index (κ2) is 11.1. The summed E-state index contributed by atoms with van der Waals surface area (Å²) in [6.07, 6.45) is -2.14. The Morgan fingerprint density at radius 3 is 2.51 bits per heavy atom. The molecule has 4 rings (SSSR count). The number of nitrogens with zero attached hydrogens (tertiary/aromatic N) is 3. The quantitative estimate of drug-likeness (QED) is 0.563. The Balaban J connectivity index is 1.46. The van der Waals surface area contributed by atoms with Crippen molar-refractivity contribution in [2.75, 3.05) is 19.6 Å². The van der Waals surface area contributed by atoms with E-state index in [1.165, 1.54) is 6.08 Å². The second-order valence-electron chi connectivity index (χ2n) is 9.36. The van der Waals surface area contributed by atoms with E-state index in [9.17, 15) is 31.9 Å². The predicted octanol–water partition coefficient (Wildman–Crippen LogP) is 2.37. The molecule has 0 amide bonds. The van der Waals surface area contributed by atoms with Crippen LogP contribution in [0.15, 0.2) is 9.79 Å². The molecular weight excluding hydrogens is 491 g/mol. The molecule has 194 valence electrons. The van der Waals surface area contributed by atoms with Crippen molar-refractivity contribution in [3.8, 4) is 0 Å². The number of thioether (sulfide) groups is 1. The van der Waals surface area contributed by atoms with Crippen molar-refractivity contribution in [1.29, 1.82) is 0 Å². The maximum Gasteiger partial charge on any atom is 0.390 e. The Morgan fingerprint density at radius 2 is 1.86 bits per heavy atom. The van der Waals surface area contributed by atoms with Crippen molar-refractivity contribution in [2.24, 2.45) is 4.99 Å². The number of aliphatic imine (C=N–C) groups is 1. The van der Waals surface area contributed by atoms with Crippen LogP contribution in [-0.4, -0.2) is 75.1 Å². The average molecular weight is 521 g/mol. The lowest BCUT2D eigenvalue weighted by molar-refractivity contribution is -0.138. The number of piperidine rings is 1. The van der Waals surface area contributed by atoms with Gasteiger partial charge in [0.05, 0.1) is 35.4 Å². The molecule has 2 heterocycles. The first-order valence-electron chi connectivity index (χ1n) is 11.9. The molecule has 0 spiro atoms. The van der Waals surface area contributed by atoms with Crippen LogP contribution in [-0.2, 0) is 5.75 Å². The highest BCUT2D eigenvalue weighted by Crippen LogP contribution is 2.30. The number of aliphatic hydroxyl groups is 1. The van der Waals surface area contributed by atoms with Crippen LogP contribution in [0.5, 0.6) is 0 Å². The number of hydrogen-bond acceptors (Lipinski definition) is 6. The molecule has 0 bridgehead atoms. The number of aromatic nitrogens is 2. The van der Waals surface area contributed by atoms with Crippen LogP contribution in [0.25, 0.3) is 11.9 Å². The summed E-state index contributed by atoms with van der Waals surface area (Å²) in [5.74, 6) is -0.456. The molecule has 1 aromatic rings. The fourth-order valence-corrected chi connectivity index (χ4v) is 5.83. The van der Waals surface area contributed by atoms with Gasteiger partial charge in [0.1, 0.15) is 11.0 Å². The predicted molar refractivity (Wildman–Crippen MR) is 125 cm³/mol. The number of rotatable bonds is 6. The first-order valence-corrected chi connectivity index (χ1v) is 12.9. The van der Waals surface area contributed by atoms with E-state index in [1.54, 1.807) is 16.7 Å². The summed E-state index contributed by atoms with van der Waals surface area (Å²) in [5, 5.41) is 9.59. The topological polar surface area (TPSA) is 81.6 Å². The standard InChI is InChI=1S/C23H29F5N4O2S/c24-20-17(29-13-5-8-32(9-6-13)10-7-23(26,27)28)11-16-19(21(20)25)22(34)31-18(30-16)12-35-15-3-1-14(33)2-4-15/h11,13-15,20,33H,1-10,12H2,(H,30,31,34). The molecule has 3 aliphatic rings. The van der Waals surface area contributed by atoms with Gasteiger partial charge < -0.3 is 15.0 Å². The molecule has 1 saturated carbocycles. The van der Waals surface area contributed by atoms with Crippen molar-refractivity contribution in [3.05, 3.63) is 26.7 Å². The highest BCUT2D eigenvalue weighted by molar-refractivity contribution is 7.99. The molecule has 0 aromatic carbocycles. The fraction of sp³-hybridized carbons (Fsp3) is 0.696. The zero-order valence-corrected chi connectivity index (χ0v) is 20.0. The second-order valence-corrected chi connectivity index (χ2v) is 10.6. The smallest absolute Gasteiger partial charge is 0.390 e. The Kier molecular flexibility index (Phi) is 8.32. The lowest BCUT2D eigenvalue weighted by atomic mass is 9.97. The van der Waals surface area contributed by atoms with E-state index in [1.807, 2.05) is 0 Å². The van der Waals surface area contributed by atoms with E-state index >= 15 is 0 Å². The SMILES string of the molecule is O=c1[nH]c(CSC2CCC(O)CC2)nc2c1=C(F)C(F)C(=NC1CCN(CCC(F)(F)F)CC1)C=2. The minimum atomic E-state index is -4.21. The Labute approximate surface area is 203 Å². The summed E-state index contributed by atoms with van der Waals surface area (Å²) in [7, 11) is 0. The van der Waals surface area contributed by atoms with Gasteiger partial charge in [-0.1, -0.05) is 0 Å². The Bertz CT molecular complexity index is 1110. The molecule has 1 unspecified atom stereocenters. The minimum Gasteiger partial charge on any atom is -0.393 e. The van der Waals surface area contributed by atoms with Gasteiger partial charge in [-0.2, -0.15) is 24.9 Å². The maximum atomic E-state index is 14.8. The number of H-pyrrole nitrogens is 1. The number of likely N-dealkylation sites (tertiary alicyclic amines) is 1. The molecule has 6 nitrogen and oxygen atoms in total. The Morgan fingerprint density at radius 1 is 1.17 bits per heavy atom. The van der Waals surface area contributed by atoms with Gasteiger partial charge in [-0.15, -0.1) is 0 Å². The van der Waals surface area contributed by atoms with Crippen LogP contribution in [0.3, 0.4) is 0 Å². The zero-order valence-electron chi connectivity index (χ0n) is 19.2. The van der Waals surface area contributed by atoms with Gasteiger partial charge in [0, 0.05) is 24.9 Å². The van der Waals surface area contributed by atoms with E-state index < -0.39 is 35.4 Å². The number of halogens is 5. The van der Waals surface area contributed by atoms with E-state index in [0.717, 1.165) is 25.7 Å². The summed E-state index contributed by atoms with van der Waals surface area (Å²) < 4.78 is 66.9. The molecule has 1 aliphatic heterocycles. The largest absolute Gasteiger partial charge is 0.393 e. The number of aliphatic hydroxyl groups excluding tert-OH is 1. The summed E-state index contributed by atoms with van der Waals surface area (Å²) in [6.45, 7) is 0.707. The van der Waals surface area contributed by atoms with E-state index in [2.05, 4.69) is 15.0 Å². The van der Waals surface area contributed by atoms with Crippen molar-refractivity contribution >= 4 is 29.4 Å². The van der Waals surface area contributed by atoms with Crippen molar-refractivity contribution < 1.29 is 27.1 Å². The van der Waals surface area contributed by atoms with E-state index in [0.29, 0.717) is 42.8 Å². The summed E-state index contributed by atoms with van der Waals surface area (Å²) in [5.41, 5.74) is -0.889. The van der Waals surface area contributed by atoms with Crippen LogP contribution >= 0.6 is 11.8 Å². The summed E-state index contributed by atoms with van der Waals surface area (Å²) in [6, 6.07) is -0.338. The first kappa shape index (κ1) is 26.3. The molecule has 2 fully saturated rings. The zero-order chi connectivity index (χ0) is 25.2. The first-order chi connectivity index (χ1) is 16.6. The molecule has 2 aliphatic carbocycles. The van der Waals surface area contributed by atoms with E-state index in [-0.39, 0.29) is 29.8 Å². The number of aromatic amines is 1. The number of alkyl halides is 4. The molecule has 2 N–H and O–H groups in total. The lowest BCUT2D eigenvalue weighted by Gasteiger charge is -2.30. The average Bonchev–Trinajstić information content (AvgIpc) is 2.81. The van der Waals surface area contributed by atoms with Crippen LogP contribution in [0, 0.1) is 0 Å². The highest BCUT2D eigenvalue weighted by atomic mass is 32.2. The van der Waals surface area contributed by atoms with Crippen LogP contribution < -0.4 is 16.1 Å². The van der Waals surface area contributed by atoms with Gasteiger partial charge in [-0.25, -0.2) is 13.8 Å². The van der Waals surface area contributed by atoms with Gasteiger partial charge in [0.15, 0.2) is 12.0 Å². The third-order valence-electron chi connectivity index (χ3n) is 6.70. The monoisotopic (exact) mass is 520 g/mol. The van der Waals surface area contributed by atoms with Crippen molar-refractivity contribution in [2.45, 2.75) is 80.4 Å². The third-order valence-corrected chi connectivity index (χ3v) is 8.08. The molecule has 1 saturated heterocycles. The summed E-state index contributed by atoms with van der Waals surface area (Å²) >= 11 is 1.61. The van der Waals surface area contributed by atoms with Gasteiger partial charge in [-0.05, 0) is 44.6 Å². The number of hydrogen-bond donors (Lipinski definition) is 2. The normalized spacial score (nSPS) is 27.7. The third kappa shape index (κ3) is 6.91. The van der Waals surface area contributed by atoms with Crippen LogP contribution in [0.4, 0.5) is 22.0 Å². The minimum absolute atomic E-state index is 0.0381. The van der Waals surface area contributed by atoms with Crippen LogP contribution in [0.1, 0.15) is 50.8 Å². The fourth-order valence-electron chi connectivity index (χ4n) is 4.69. The maximum absolute atomic E-state index is 14.8. The molecule has 1 aromatic heterocycles.